The van der Waals surface area contributed by atoms with Crippen LogP contribution in [-0.4, -0.2) is 30.8 Å². The molecule has 0 saturated heterocycles. The maximum Gasteiger partial charge on any atom is 0.345 e. The van der Waals surface area contributed by atoms with Gasteiger partial charge in [0.1, 0.15) is 5.56 Å². The van der Waals surface area contributed by atoms with Crippen molar-refractivity contribution in [2.45, 2.75) is 13.5 Å². The molecule has 0 fully saturated rings. The van der Waals surface area contributed by atoms with Crippen LogP contribution in [-0.2, 0) is 25.4 Å². The van der Waals surface area contributed by atoms with Crippen LogP contribution in [0.2, 0.25) is 15.1 Å². The van der Waals surface area contributed by atoms with E-state index in [0.29, 0.717) is 16.7 Å². The molecular weight excluding hydrogens is 519 g/mol. The fourth-order valence-electron chi connectivity index (χ4n) is 3.79. The zero-order valence-corrected chi connectivity index (χ0v) is 21.1. The second-order valence-corrected chi connectivity index (χ2v) is 8.89. The number of imidazole rings is 1. The minimum atomic E-state index is -0.892. The third kappa shape index (κ3) is 4.20. The van der Waals surface area contributed by atoms with E-state index in [-0.39, 0.29) is 45.0 Å². The zero-order valence-electron chi connectivity index (χ0n) is 18.8. The molecule has 0 spiro atoms. The van der Waals surface area contributed by atoms with Crippen LogP contribution in [0.5, 0.6) is 0 Å². The lowest BCUT2D eigenvalue weighted by molar-refractivity contribution is 0.0522. The number of rotatable bonds is 5. The fourth-order valence-corrected chi connectivity index (χ4v) is 4.46. The Morgan fingerprint density at radius 3 is 2.26 bits per heavy atom. The fraction of sp³-hybridized carbons (Fsp3) is 0.217. The lowest BCUT2D eigenvalue weighted by Gasteiger charge is -2.15. The number of hydrogen-bond acceptors (Lipinski definition) is 5. The Hall–Kier alpha value is -3.27. The highest BCUT2D eigenvalue weighted by molar-refractivity contribution is 6.44. The molecule has 2 aromatic carbocycles. The van der Waals surface area contributed by atoms with Crippen LogP contribution in [0.25, 0.3) is 16.7 Å². The average molecular weight is 538 g/mol. The Bertz CT molecular complexity index is 1680. The molecular formula is C23H19Cl3N4O5. The number of halogens is 3. The van der Waals surface area contributed by atoms with E-state index in [1.165, 1.54) is 21.3 Å². The topological polar surface area (TPSA) is 97.2 Å². The molecule has 0 unspecified atom stereocenters. The Kier molecular flexibility index (Phi) is 6.68. The molecule has 2 aromatic heterocycles. The van der Waals surface area contributed by atoms with Gasteiger partial charge in [0.2, 0.25) is 0 Å². The van der Waals surface area contributed by atoms with Crippen molar-refractivity contribution in [2.24, 2.45) is 14.1 Å². The summed E-state index contributed by atoms with van der Waals surface area (Å²) in [4.78, 5) is 51.6. The zero-order chi connectivity index (χ0) is 25.6. The Labute approximate surface area is 213 Å². The van der Waals surface area contributed by atoms with Gasteiger partial charge in [0.15, 0.2) is 0 Å². The molecule has 0 amide bonds. The van der Waals surface area contributed by atoms with Gasteiger partial charge in [-0.1, -0.05) is 34.8 Å². The molecule has 0 aliphatic carbocycles. The summed E-state index contributed by atoms with van der Waals surface area (Å²) >= 11 is 18.7. The van der Waals surface area contributed by atoms with Gasteiger partial charge in [0.25, 0.3) is 5.56 Å². The van der Waals surface area contributed by atoms with Crippen LogP contribution in [0.4, 0.5) is 0 Å². The first-order valence-corrected chi connectivity index (χ1v) is 11.5. The minimum absolute atomic E-state index is 0.0292. The van der Waals surface area contributed by atoms with Crippen LogP contribution < -0.4 is 16.9 Å². The van der Waals surface area contributed by atoms with Gasteiger partial charge in [-0.15, -0.1) is 0 Å². The quantitative estimate of drug-likeness (QED) is 0.287. The maximum atomic E-state index is 13.5. The Morgan fingerprint density at radius 1 is 0.914 bits per heavy atom. The SMILES string of the molecule is CCOC(=O)c1cn(-c2ccc3c(c2)n(C)c(=O)n3C)c(=O)n(Cc2c(Cl)ccc(Cl)c2Cl)c1=O. The van der Waals surface area contributed by atoms with Gasteiger partial charge in [-0.05, 0) is 37.3 Å². The van der Waals surface area contributed by atoms with E-state index >= 15 is 0 Å². The third-order valence-electron chi connectivity index (χ3n) is 5.65. The van der Waals surface area contributed by atoms with Crippen molar-refractivity contribution in [3.63, 3.8) is 0 Å². The number of fused-ring (bicyclic) bond motifs is 1. The predicted octanol–water partition coefficient (Wildman–Crippen LogP) is 3.37. The molecule has 4 aromatic rings. The van der Waals surface area contributed by atoms with Crippen LogP contribution in [0, 0.1) is 0 Å². The van der Waals surface area contributed by atoms with Crippen molar-refractivity contribution in [3.05, 3.63) is 94.0 Å². The number of carbonyl (C=O) groups excluding carboxylic acids is 1. The molecule has 0 radical (unpaired) electrons. The second-order valence-electron chi connectivity index (χ2n) is 7.70. The normalized spacial score (nSPS) is 11.3. The number of carbonyl (C=O) groups is 1. The first-order valence-electron chi connectivity index (χ1n) is 10.4. The molecule has 0 aliphatic rings. The molecule has 2 heterocycles. The van der Waals surface area contributed by atoms with Crippen molar-refractivity contribution < 1.29 is 9.53 Å². The van der Waals surface area contributed by atoms with Crippen LogP contribution in [0.1, 0.15) is 22.8 Å². The highest BCUT2D eigenvalue weighted by Crippen LogP contribution is 2.31. The van der Waals surface area contributed by atoms with Gasteiger partial charge in [0.05, 0.1) is 39.9 Å². The first kappa shape index (κ1) is 24.8. The molecule has 9 nitrogen and oxygen atoms in total. The van der Waals surface area contributed by atoms with E-state index in [0.717, 1.165) is 15.3 Å². The van der Waals surface area contributed by atoms with Gasteiger partial charge in [-0.25, -0.2) is 14.4 Å². The average Bonchev–Trinajstić information content (AvgIpc) is 3.04. The van der Waals surface area contributed by atoms with Gasteiger partial charge in [-0.2, -0.15) is 0 Å². The van der Waals surface area contributed by atoms with Crippen molar-refractivity contribution >= 4 is 51.8 Å². The van der Waals surface area contributed by atoms with Crippen LogP contribution in [0.3, 0.4) is 0 Å². The number of aromatic nitrogens is 4. The van der Waals surface area contributed by atoms with Gasteiger partial charge in [-0.3, -0.25) is 23.1 Å². The number of nitrogens with zero attached hydrogens (tertiary/aromatic N) is 4. The number of esters is 1. The summed E-state index contributed by atoms with van der Waals surface area (Å²) < 4.78 is 9.90. The molecule has 0 saturated carbocycles. The van der Waals surface area contributed by atoms with Crippen LogP contribution in [0.15, 0.2) is 50.9 Å². The van der Waals surface area contributed by atoms with Gasteiger partial charge in [0, 0.05) is 30.9 Å². The Morgan fingerprint density at radius 2 is 1.57 bits per heavy atom. The maximum absolute atomic E-state index is 13.5. The van der Waals surface area contributed by atoms with Crippen molar-refractivity contribution in [2.75, 3.05) is 6.61 Å². The van der Waals surface area contributed by atoms with Crippen LogP contribution >= 0.6 is 34.8 Å². The van der Waals surface area contributed by atoms with Gasteiger partial charge >= 0.3 is 17.3 Å². The molecule has 35 heavy (non-hydrogen) atoms. The minimum Gasteiger partial charge on any atom is -0.462 e. The van der Waals surface area contributed by atoms with E-state index in [2.05, 4.69) is 0 Å². The number of hydrogen-bond donors (Lipinski definition) is 0. The van der Waals surface area contributed by atoms with Crippen molar-refractivity contribution in [1.82, 2.24) is 18.3 Å². The Balaban J connectivity index is 2.01. The summed E-state index contributed by atoms with van der Waals surface area (Å²) in [5, 5.41) is 0.468. The lowest BCUT2D eigenvalue weighted by atomic mass is 10.2. The summed E-state index contributed by atoms with van der Waals surface area (Å²) in [6.07, 6.45) is 1.13. The first-order chi connectivity index (χ1) is 16.6. The number of ether oxygens (including phenoxy) is 1. The number of benzene rings is 2. The van der Waals surface area contributed by atoms with Crippen molar-refractivity contribution in [1.29, 1.82) is 0 Å². The monoisotopic (exact) mass is 536 g/mol. The second kappa shape index (κ2) is 9.41. The summed E-state index contributed by atoms with van der Waals surface area (Å²) in [7, 11) is 3.24. The number of aryl methyl sites for hydroxylation is 2. The van der Waals surface area contributed by atoms with Gasteiger partial charge < -0.3 is 4.74 Å². The molecule has 0 aliphatic heterocycles. The van der Waals surface area contributed by atoms with E-state index in [1.807, 2.05) is 0 Å². The molecule has 12 heteroatoms. The standard InChI is InChI=1S/C23H19Cl3N4O5/c1-4-35-21(32)14-11-29(12-5-8-17-18(9-12)28(3)22(33)27(17)2)23(34)30(20(14)31)10-13-15(24)6-7-16(25)19(13)26/h5-9,11H,4,10H2,1-3H3. The highest BCUT2D eigenvalue weighted by Gasteiger charge is 2.22. The highest BCUT2D eigenvalue weighted by atomic mass is 35.5. The summed E-state index contributed by atoms with van der Waals surface area (Å²) in [5.74, 6) is -0.892. The molecule has 4 rings (SSSR count). The van der Waals surface area contributed by atoms with E-state index in [4.69, 9.17) is 39.5 Å². The van der Waals surface area contributed by atoms with Crippen molar-refractivity contribution in [3.8, 4) is 5.69 Å². The lowest BCUT2D eigenvalue weighted by Crippen LogP contribution is -2.42. The molecule has 182 valence electrons. The molecule has 0 atom stereocenters. The summed E-state index contributed by atoms with van der Waals surface area (Å²) in [6, 6.07) is 7.87. The smallest absolute Gasteiger partial charge is 0.345 e. The summed E-state index contributed by atoms with van der Waals surface area (Å²) in [5.41, 5.74) is -0.459. The van der Waals surface area contributed by atoms with E-state index in [1.54, 1.807) is 39.2 Å². The predicted molar refractivity (Wildman–Crippen MR) is 135 cm³/mol. The third-order valence-corrected chi connectivity index (χ3v) is 6.85. The largest absolute Gasteiger partial charge is 0.462 e. The summed E-state index contributed by atoms with van der Waals surface area (Å²) in [6.45, 7) is 1.29. The van der Waals surface area contributed by atoms with E-state index < -0.39 is 17.2 Å². The molecule has 0 N–H and O–H groups in total. The van der Waals surface area contributed by atoms with E-state index in [9.17, 15) is 19.2 Å². The molecule has 0 bridgehead atoms.